The van der Waals surface area contributed by atoms with Crippen LogP contribution in [-0.4, -0.2) is 39.4 Å². The number of hydrogen-bond donors (Lipinski definition) is 1. The molecule has 3 aromatic carbocycles. The van der Waals surface area contributed by atoms with E-state index in [1.54, 1.807) is 0 Å². The van der Waals surface area contributed by atoms with Crippen LogP contribution in [0.15, 0.2) is 91.0 Å². The fourth-order valence-electron chi connectivity index (χ4n) is 3.76. The van der Waals surface area contributed by atoms with Crippen LogP contribution in [0, 0.1) is 0 Å². The molecule has 0 amide bonds. The number of halogens is 1. The van der Waals surface area contributed by atoms with Crippen LogP contribution in [0.1, 0.15) is 12.2 Å². The molecule has 1 N–H and O–H groups in total. The zero-order chi connectivity index (χ0) is 21.4. The molecule has 0 saturated heterocycles. The highest BCUT2D eigenvalue weighted by Gasteiger charge is 2.45. The number of nitrogens with zero attached hydrogens (tertiary/aromatic N) is 3. The Hall–Kier alpha value is -2.89. The van der Waals surface area contributed by atoms with Crippen LogP contribution < -0.4 is 32.9 Å². The highest BCUT2D eigenvalue weighted by molar-refractivity contribution is 7.95. The van der Waals surface area contributed by atoms with Gasteiger partial charge in [0.15, 0.2) is 5.82 Å². The summed E-state index contributed by atoms with van der Waals surface area (Å²) in [5.74, 6) is 0.322. The molecule has 0 aliphatic rings. The third kappa shape index (κ3) is 5.47. The van der Waals surface area contributed by atoms with Gasteiger partial charge < -0.3 is 21.7 Å². The van der Waals surface area contributed by atoms with E-state index in [1.807, 2.05) is 18.2 Å². The summed E-state index contributed by atoms with van der Waals surface area (Å²) in [6, 6.07) is 31.6. The standard InChI is InChI=1S/C24H24N4O2P.BrH/c29-24(30-18-16-23-25-27-28-26-23)17-19-31(20-10-4-1-5-11-20,21-12-6-2-7-13-21)22-14-8-3-9-15-22;/h1-15H,16-19H2,(H,25,26,27,28);1H/q+1;/p-1. The van der Waals surface area contributed by atoms with Crippen LogP contribution in [-0.2, 0) is 16.0 Å². The van der Waals surface area contributed by atoms with E-state index in [9.17, 15) is 4.79 Å². The SMILES string of the molecule is O=C(CC[P+](c1ccccc1)(c1ccccc1)c1ccccc1)OCCc1nn[nH]n1.[Br-]. The molecule has 0 bridgehead atoms. The van der Waals surface area contributed by atoms with Crippen molar-refractivity contribution in [1.29, 1.82) is 0 Å². The molecule has 1 heterocycles. The van der Waals surface area contributed by atoms with Gasteiger partial charge in [0.2, 0.25) is 0 Å². The van der Waals surface area contributed by atoms with Gasteiger partial charge in [0.1, 0.15) is 23.2 Å². The molecule has 0 aliphatic heterocycles. The quantitative estimate of drug-likeness (QED) is 0.246. The van der Waals surface area contributed by atoms with Crippen molar-refractivity contribution in [1.82, 2.24) is 20.6 Å². The molecular weight excluding hydrogens is 487 g/mol. The first kappa shape index (κ1) is 23.8. The molecule has 0 atom stereocenters. The molecule has 8 heteroatoms. The third-order valence-electron chi connectivity index (χ3n) is 5.22. The molecule has 0 spiro atoms. The number of carbonyl (C=O) groups excluding carboxylic acids is 1. The van der Waals surface area contributed by atoms with Gasteiger partial charge in [0.25, 0.3) is 0 Å². The predicted molar refractivity (Wildman–Crippen MR) is 123 cm³/mol. The van der Waals surface area contributed by atoms with Crippen molar-refractivity contribution in [2.75, 3.05) is 12.8 Å². The smallest absolute Gasteiger partial charge is 0.309 e. The number of rotatable bonds is 9. The van der Waals surface area contributed by atoms with Gasteiger partial charge in [-0.2, -0.15) is 5.21 Å². The Morgan fingerprint density at radius 3 is 1.75 bits per heavy atom. The van der Waals surface area contributed by atoms with Crippen LogP contribution in [0.5, 0.6) is 0 Å². The number of carbonyl (C=O) groups is 1. The Morgan fingerprint density at radius 1 is 0.812 bits per heavy atom. The molecule has 0 unspecified atom stereocenters. The van der Waals surface area contributed by atoms with Gasteiger partial charge in [-0.05, 0) is 36.4 Å². The number of aromatic nitrogens is 4. The molecule has 4 aromatic rings. The van der Waals surface area contributed by atoms with Crippen molar-refractivity contribution in [3.05, 3.63) is 96.8 Å². The molecule has 0 fully saturated rings. The molecular formula is C24H24BrN4O2P. The highest BCUT2D eigenvalue weighted by atomic mass is 79.9. The number of aromatic amines is 1. The summed E-state index contributed by atoms with van der Waals surface area (Å²) in [6.45, 7) is 0.242. The maximum absolute atomic E-state index is 12.6. The summed E-state index contributed by atoms with van der Waals surface area (Å²) >= 11 is 0. The van der Waals surface area contributed by atoms with Crippen molar-refractivity contribution in [2.24, 2.45) is 0 Å². The minimum absolute atomic E-state index is 0. The number of nitrogens with one attached hydrogen (secondary N) is 1. The highest BCUT2D eigenvalue weighted by Crippen LogP contribution is 2.55. The predicted octanol–water partition coefficient (Wildman–Crippen LogP) is -0.326. The zero-order valence-electron chi connectivity index (χ0n) is 17.5. The Bertz CT molecular complexity index is 984. The first-order valence-electron chi connectivity index (χ1n) is 10.2. The van der Waals surface area contributed by atoms with E-state index in [2.05, 4.69) is 93.4 Å². The van der Waals surface area contributed by atoms with Crippen molar-refractivity contribution < 1.29 is 26.5 Å². The van der Waals surface area contributed by atoms with E-state index in [0.717, 1.165) is 0 Å². The maximum Gasteiger partial charge on any atom is 0.309 e. The Labute approximate surface area is 198 Å². The summed E-state index contributed by atoms with van der Waals surface area (Å²) < 4.78 is 5.48. The number of benzene rings is 3. The largest absolute Gasteiger partial charge is 1.00 e. The third-order valence-corrected chi connectivity index (χ3v) is 9.65. The first-order valence-corrected chi connectivity index (χ1v) is 12.2. The summed E-state index contributed by atoms with van der Waals surface area (Å²) in [5, 5.41) is 17.5. The molecule has 4 rings (SSSR count). The molecule has 32 heavy (non-hydrogen) atoms. The molecule has 0 aliphatic carbocycles. The first-order chi connectivity index (χ1) is 15.3. The molecule has 0 radical (unpaired) electrons. The van der Waals surface area contributed by atoms with Gasteiger partial charge in [0, 0.05) is 6.42 Å². The van der Waals surface area contributed by atoms with Crippen molar-refractivity contribution in [2.45, 2.75) is 12.8 Å². The van der Waals surface area contributed by atoms with Gasteiger partial charge in [-0.1, -0.05) is 59.8 Å². The molecule has 164 valence electrons. The van der Waals surface area contributed by atoms with Crippen LogP contribution in [0.3, 0.4) is 0 Å². The second-order valence-corrected chi connectivity index (χ2v) is 10.7. The Morgan fingerprint density at radius 2 is 1.31 bits per heavy atom. The fraction of sp³-hybridized carbons (Fsp3) is 0.167. The average molecular weight is 511 g/mol. The topological polar surface area (TPSA) is 80.8 Å². The van der Waals surface area contributed by atoms with E-state index in [-0.39, 0.29) is 29.6 Å². The second-order valence-electron chi connectivity index (χ2n) is 7.09. The normalized spacial score (nSPS) is 10.9. The van der Waals surface area contributed by atoms with E-state index < -0.39 is 7.26 Å². The minimum atomic E-state index is -2.03. The summed E-state index contributed by atoms with van der Waals surface area (Å²) in [5.41, 5.74) is 0. The average Bonchev–Trinajstić information content (AvgIpc) is 3.35. The number of tetrazole rings is 1. The summed E-state index contributed by atoms with van der Waals surface area (Å²) in [6.07, 6.45) is 1.48. The minimum Gasteiger partial charge on any atom is -1.00 e. The van der Waals surface area contributed by atoms with Crippen LogP contribution >= 0.6 is 7.26 Å². The zero-order valence-corrected chi connectivity index (χ0v) is 20.0. The lowest BCUT2D eigenvalue weighted by Crippen LogP contribution is -3.00. The molecule has 0 saturated carbocycles. The van der Waals surface area contributed by atoms with Crippen molar-refractivity contribution in [3.8, 4) is 0 Å². The van der Waals surface area contributed by atoms with Crippen LogP contribution in [0.2, 0.25) is 0 Å². The van der Waals surface area contributed by atoms with Gasteiger partial charge in [0.05, 0.1) is 19.2 Å². The Kier molecular flexibility index (Phi) is 8.65. The van der Waals surface area contributed by atoms with E-state index in [1.165, 1.54) is 15.9 Å². The van der Waals surface area contributed by atoms with Crippen LogP contribution in [0.25, 0.3) is 0 Å². The van der Waals surface area contributed by atoms with E-state index in [0.29, 0.717) is 24.8 Å². The molecule has 6 nitrogen and oxygen atoms in total. The van der Waals surface area contributed by atoms with Gasteiger partial charge in [-0.15, -0.1) is 10.2 Å². The summed E-state index contributed by atoms with van der Waals surface area (Å²) in [4.78, 5) is 12.6. The van der Waals surface area contributed by atoms with Gasteiger partial charge >= 0.3 is 5.97 Å². The Balaban J connectivity index is 0.00000289. The lowest BCUT2D eigenvalue weighted by Gasteiger charge is -2.27. The van der Waals surface area contributed by atoms with Crippen LogP contribution in [0.4, 0.5) is 0 Å². The molecule has 1 aromatic heterocycles. The maximum atomic E-state index is 12.6. The second kappa shape index (κ2) is 11.7. The summed E-state index contributed by atoms with van der Waals surface area (Å²) in [7, 11) is -2.03. The number of H-pyrrole nitrogens is 1. The number of ether oxygens (including phenoxy) is 1. The number of esters is 1. The van der Waals surface area contributed by atoms with E-state index >= 15 is 0 Å². The number of hydrogen-bond acceptors (Lipinski definition) is 5. The van der Waals surface area contributed by atoms with Gasteiger partial charge in [-0.3, -0.25) is 4.79 Å². The lowest BCUT2D eigenvalue weighted by molar-refractivity contribution is -0.143. The van der Waals surface area contributed by atoms with Crippen molar-refractivity contribution in [3.63, 3.8) is 0 Å². The van der Waals surface area contributed by atoms with Gasteiger partial charge in [-0.25, -0.2) is 0 Å². The lowest BCUT2D eigenvalue weighted by atomic mass is 10.3. The van der Waals surface area contributed by atoms with Crippen molar-refractivity contribution >= 4 is 29.1 Å². The van der Waals surface area contributed by atoms with E-state index in [4.69, 9.17) is 4.74 Å². The fourth-order valence-corrected chi connectivity index (χ4v) is 7.99. The monoisotopic (exact) mass is 510 g/mol.